The van der Waals surface area contributed by atoms with Gasteiger partial charge >= 0.3 is 0 Å². The first-order chi connectivity index (χ1) is 17.6. The second-order valence-electron chi connectivity index (χ2n) is 11.3. The van der Waals surface area contributed by atoms with Crippen molar-refractivity contribution in [3.63, 3.8) is 0 Å². The lowest BCUT2D eigenvalue weighted by Crippen LogP contribution is -2.44. The monoisotopic (exact) mass is 503 g/mol. The van der Waals surface area contributed by atoms with Gasteiger partial charge in [-0.1, -0.05) is 30.7 Å². The van der Waals surface area contributed by atoms with Crippen molar-refractivity contribution in [3.8, 4) is 0 Å². The molecule has 3 atom stereocenters. The van der Waals surface area contributed by atoms with Crippen LogP contribution in [0.15, 0.2) is 30.5 Å². The molecule has 1 aromatic carbocycles. The number of ketones is 2. The van der Waals surface area contributed by atoms with Gasteiger partial charge < -0.3 is 14.4 Å². The summed E-state index contributed by atoms with van der Waals surface area (Å²) in [5.41, 5.74) is 3.46. The molecule has 0 radical (unpaired) electrons. The number of aromatic nitrogens is 1. The molecule has 0 N–H and O–H groups in total. The first kappa shape index (κ1) is 25.4. The number of hydrogen-bond donors (Lipinski definition) is 0. The van der Waals surface area contributed by atoms with Gasteiger partial charge in [-0.05, 0) is 57.6 Å². The summed E-state index contributed by atoms with van der Waals surface area (Å²) in [7, 11) is 1.84. The van der Waals surface area contributed by atoms with Crippen molar-refractivity contribution in [2.45, 2.75) is 84.3 Å². The first-order valence-electron chi connectivity index (χ1n) is 13.5. The Morgan fingerprint density at radius 1 is 1.11 bits per heavy atom. The zero-order chi connectivity index (χ0) is 26.5. The van der Waals surface area contributed by atoms with Crippen molar-refractivity contribution in [2.24, 2.45) is 5.41 Å². The normalized spacial score (nSPS) is 27.2. The van der Waals surface area contributed by atoms with E-state index in [1.165, 1.54) is 0 Å². The number of amides is 2. The molecule has 37 heavy (non-hydrogen) atoms. The van der Waals surface area contributed by atoms with Crippen molar-refractivity contribution in [1.82, 2.24) is 14.4 Å². The highest BCUT2D eigenvalue weighted by atomic mass is 16.2. The lowest BCUT2D eigenvalue weighted by atomic mass is 9.95. The van der Waals surface area contributed by atoms with Crippen molar-refractivity contribution >= 4 is 34.3 Å². The van der Waals surface area contributed by atoms with Gasteiger partial charge in [-0.15, -0.1) is 0 Å². The zero-order valence-electron chi connectivity index (χ0n) is 22.4. The Hall–Kier alpha value is -3.22. The molecule has 2 fully saturated rings. The molecule has 2 amide bonds. The average molecular weight is 504 g/mol. The highest BCUT2D eigenvalue weighted by Crippen LogP contribution is 2.60. The first-order valence-corrected chi connectivity index (χ1v) is 13.5. The van der Waals surface area contributed by atoms with E-state index in [4.69, 9.17) is 0 Å². The largest absolute Gasteiger partial charge is 0.345 e. The molecule has 2 aliphatic heterocycles. The summed E-state index contributed by atoms with van der Waals surface area (Å²) in [6.45, 7) is 6.09. The van der Waals surface area contributed by atoms with Crippen LogP contribution in [-0.4, -0.2) is 63.4 Å². The smallest absolute Gasteiger partial charge is 0.243 e. The summed E-state index contributed by atoms with van der Waals surface area (Å²) >= 11 is 0. The molecule has 0 spiro atoms. The van der Waals surface area contributed by atoms with Gasteiger partial charge in [0, 0.05) is 55.0 Å². The van der Waals surface area contributed by atoms with Crippen LogP contribution in [0.5, 0.6) is 0 Å². The number of carbonyl (C=O) groups excluding carboxylic acids is 4. The minimum Gasteiger partial charge on any atom is -0.345 e. The Morgan fingerprint density at radius 2 is 1.89 bits per heavy atom. The predicted octanol–water partition coefficient (Wildman–Crippen LogP) is 4.23. The number of rotatable bonds is 3. The molecule has 0 unspecified atom stereocenters. The Bertz CT molecular complexity index is 1320. The van der Waals surface area contributed by atoms with Crippen LogP contribution in [0.2, 0.25) is 0 Å². The van der Waals surface area contributed by atoms with Gasteiger partial charge in [0.15, 0.2) is 11.6 Å². The molecule has 1 saturated carbocycles. The maximum Gasteiger partial charge on any atom is 0.243 e. The molecule has 5 rings (SSSR count). The van der Waals surface area contributed by atoms with E-state index in [0.29, 0.717) is 37.8 Å². The van der Waals surface area contributed by atoms with Crippen molar-refractivity contribution in [2.75, 3.05) is 13.6 Å². The summed E-state index contributed by atoms with van der Waals surface area (Å²) in [5.74, 6) is 0.0728. The van der Waals surface area contributed by atoms with Crippen LogP contribution >= 0.6 is 0 Å². The van der Waals surface area contributed by atoms with Crippen LogP contribution in [0.25, 0.3) is 10.9 Å². The van der Waals surface area contributed by atoms with Gasteiger partial charge in [0.1, 0.15) is 6.54 Å². The fourth-order valence-corrected chi connectivity index (χ4v) is 6.65. The topological polar surface area (TPSA) is 79.7 Å². The van der Waals surface area contributed by atoms with Gasteiger partial charge in [0.2, 0.25) is 11.8 Å². The Kier molecular flexibility index (Phi) is 6.59. The fourth-order valence-electron chi connectivity index (χ4n) is 6.65. The average Bonchev–Trinajstić information content (AvgIpc) is 3.25. The molecular weight excluding hydrogens is 466 g/mol. The van der Waals surface area contributed by atoms with Gasteiger partial charge in [0.05, 0.1) is 11.6 Å². The minimum absolute atomic E-state index is 0.0241. The Balaban J connectivity index is 1.59. The van der Waals surface area contributed by atoms with Gasteiger partial charge in [-0.25, -0.2) is 0 Å². The number of benzene rings is 1. The summed E-state index contributed by atoms with van der Waals surface area (Å²) in [4.78, 5) is 55.9. The van der Waals surface area contributed by atoms with E-state index in [1.54, 1.807) is 11.8 Å². The maximum absolute atomic E-state index is 13.9. The van der Waals surface area contributed by atoms with E-state index < -0.39 is 6.04 Å². The van der Waals surface area contributed by atoms with E-state index in [0.717, 1.165) is 41.3 Å². The molecule has 1 saturated heterocycles. The third-order valence-electron chi connectivity index (χ3n) is 8.55. The number of piperidine rings is 1. The van der Waals surface area contributed by atoms with Crippen LogP contribution in [-0.2, 0) is 27.3 Å². The zero-order valence-corrected chi connectivity index (χ0v) is 22.4. The summed E-state index contributed by atoms with van der Waals surface area (Å²) < 4.78 is 1.92. The number of aryl methyl sites for hydroxylation is 1. The SMILES string of the molecule is CCC(=O)[C@@H]1C[C@@]23C[C@H]2N1C(=O)Cn1cc(C(C)=O)c2cc(C)cc(c21)C/C=C/CCCC(=O)N(C)C3. The summed E-state index contributed by atoms with van der Waals surface area (Å²) in [6.07, 6.45) is 10.6. The van der Waals surface area contributed by atoms with Crippen molar-refractivity contribution < 1.29 is 19.2 Å². The highest BCUT2D eigenvalue weighted by Gasteiger charge is 2.67. The molecule has 2 aromatic rings. The lowest BCUT2D eigenvalue weighted by Gasteiger charge is -2.27. The van der Waals surface area contributed by atoms with Crippen LogP contribution in [0, 0.1) is 12.3 Å². The second-order valence-corrected chi connectivity index (χ2v) is 11.3. The highest BCUT2D eigenvalue weighted by molar-refractivity contribution is 6.08. The number of carbonyl (C=O) groups is 4. The third kappa shape index (κ3) is 4.53. The van der Waals surface area contributed by atoms with Gasteiger partial charge in [-0.3, -0.25) is 19.2 Å². The predicted molar refractivity (Wildman–Crippen MR) is 142 cm³/mol. The van der Waals surface area contributed by atoms with E-state index in [9.17, 15) is 19.2 Å². The van der Waals surface area contributed by atoms with Gasteiger partial charge in [-0.2, -0.15) is 0 Å². The lowest BCUT2D eigenvalue weighted by molar-refractivity contribution is -0.139. The molecule has 7 nitrogen and oxygen atoms in total. The molecule has 196 valence electrons. The van der Waals surface area contributed by atoms with Crippen LogP contribution in [0.4, 0.5) is 0 Å². The molecule has 3 heterocycles. The third-order valence-corrected chi connectivity index (χ3v) is 8.55. The van der Waals surface area contributed by atoms with E-state index in [1.807, 2.05) is 42.6 Å². The number of nitrogens with zero attached hydrogens (tertiary/aromatic N) is 3. The molecule has 7 heteroatoms. The molecule has 3 aliphatic rings. The summed E-state index contributed by atoms with van der Waals surface area (Å²) in [6, 6.07) is 3.67. The molecule has 2 bridgehead atoms. The Morgan fingerprint density at radius 3 is 2.62 bits per heavy atom. The van der Waals surface area contributed by atoms with Gasteiger partial charge in [0.25, 0.3) is 0 Å². The van der Waals surface area contributed by atoms with E-state index in [2.05, 4.69) is 18.2 Å². The van der Waals surface area contributed by atoms with Crippen LogP contribution in [0.3, 0.4) is 0 Å². The minimum atomic E-state index is -0.447. The maximum atomic E-state index is 13.9. The number of Topliss-reactive ketones (excluding diaryl/α,β-unsaturated/α-hetero) is 2. The van der Waals surface area contributed by atoms with E-state index >= 15 is 0 Å². The van der Waals surface area contributed by atoms with Crippen LogP contribution in [0.1, 0.15) is 73.9 Å². The standard InChI is InChI=1S/C30H37N3O4/c1-5-25(35)24-14-30-15-26(30)33(24)28(37)17-32-16-23(20(3)34)22-13-19(2)12-21(29(22)32)10-8-6-7-9-11-27(36)31(4)18-30/h6,8,12-13,16,24,26H,5,7,9-11,14-15,17-18H2,1-4H3/b8-6+/t24-,26+,30-/m0/s1. The molecule has 1 aliphatic carbocycles. The van der Waals surface area contributed by atoms with Crippen molar-refractivity contribution in [3.05, 3.63) is 47.2 Å². The Labute approximate surface area is 218 Å². The second kappa shape index (κ2) is 9.58. The fraction of sp³-hybridized carbons (Fsp3) is 0.533. The molecule has 1 aromatic heterocycles. The quantitative estimate of drug-likeness (QED) is 0.464. The number of hydrogen-bond acceptors (Lipinski definition) is 4. The van der Waals surface area contributed by atoms with Crippen molar-refractivity contribution in [1.29, 1.82) is 0 Å². The number of allylic oxidation sites excluding steroid dienone is 2. The molecular formula is C30H37N3O4. The van der Waals surface area contributed by atoms with Crippen LogP contribution < -0.4 is 0 Å². The summed E-state index contributed by atoms with van der Waals surface area (Å²) in [5, 5.41) is 0.872. The van der Waals surface area contributed by atoms with E-state index in [-0.39, 0.29) is 41.4 Å².